The van der Waals surface area contributed by atoms with Crippen LogP contribution in [-0.4, -0.2) is 23.1 Å². The molecule has 1 heterocycles. The zero-order valence-electron chi connectivity index (χ0n) is 10.7. The van der Waals surface area contributed by atoms with Gasteiger partial charge in [-0.05, 0) is 20.0 Å². The lowest BCUT2D eigenvalue weighted by Crippen LogP contribution is -2.12. The van der Waals surface area contributed by atoms with Crippen molar-refractivity contribution in [3.8, 4) is 11.4 Å². The van der Waals surface area contributed by atoms with Gasteiger partial charge in [-0.25, -0.2) is 4.98 Å². The second-order valence-corrected chi connectivity index (χ2v) is 4.36. The van der Waals surface area contributed by atoms with E-state index in [1.54, 1.807) is 0 Å². The van der Waals surface area contributed by atoms with Gasteiger partial charge in [0, 0.05) is 37.5 Å². The minimum absolute atomic E-state index is 0.979. The highest BCUT2D eigenvalue weighted by molar-refractivity contribution is 5.57. The van der Waals surface area contributed by atoms with Crippen LogP contribution < -0.4 is 5.32 Å². The summed E-state index contributed by atoms with van der Waals surface area (Å²) < 4.78 is 2.17. The normalized spacial score (nSPS) is 10.8. The van der Waals surface area contributed by atoms with Crippen LogP contribution in [0.4, 0.5) is 0 Å². The van der Waals surface area contributed by atoms with Crippen LogP contribution in [0.5, 0.6) is 0 Å². The number of rotatable bonds is 4. The van der Waals surface area contributed by atoms with Crippen molar-refractivity contribution < 1.29 is 0 Å². The Morgan fingerprint density at radius 2 is 2.18 bits per heavy atom. The van der Waals surface area contributed by atoms with Gasteiger partial charge in [-0.3, -0.25) is 0 Å². The summed E-state index contributed by atoms with van der Waals surface area (Å²) in [5, 5.41) is 3.16. The monoisotopic (exact) mass is 229 g/mol. The lowest BCUT2D eigenvalue weighted by Gasteiger charge is -2.06. The summed E-state index contributed by atoms with van der Waals surface area (Å²) in [5.74, 6) is 1.04. The van der Waals surface area contributed by atoms with Gasteiger partial charge in [0.15, 0.2) is 0 Å². The summed E-state index contributed by atoms with van der Waals surface area (Å²) in [6, 6.07) is 8.46. The summed E-state index contributed by atoms with van der Waals surface area (Å²) in [6.07, 6.45) is 2.97. The minimum Gasteiger partial charge on any atom is -0.331 e. The molecule has 3 heteroatoms. The minimum atomic E-state index is 0.979. The van der Waals surface area contributed by atoms with E-state index < -0.39 is 0 Å². The molecule has 2 rings (SSSR count). The molecule has 0 aliphatic heterocycles. The lowest BCUT2D eigenvalue weighted by molar-refractivity contribution is 0.740. The molecule has 0 radical (unpaired) electrons. The van der Waals surface area contributed by atoms with Gasteiger partial charge < -0.3 is 9.88 Å². The Labute approximate surface area is 103 Å². The third-order valence-electron chi connectivity index (χ3n) is 2.99. The van der Waals surface area contributed by atoms with E-state index in [1.807, 2.05) is 13.2 Å². The maximum Gasteiger partial charge on any atom is 0.139 e. The van der Waals surface area contributed by atoms with E-state index in [4.69, 9.17) is 0 Å². The molecule has 2 aromatic rings. The average Bonchev–Trinajstić information content (AvgIpc) is 2.68. The Bertz CT molecular complexity index is 500. The molecule has 17 heavy (non-hydrogen) atoms. The lowest BCUT2D eigenvalue weighted by atomic mass is 10.1. The van der Waals surface area contributed by atoms with Gasteiger partial charge in [0.2, 0.25) is 0 Å². The molecule has 0 aliphatic rings. The Balaban J connectivity index is 2.30. The Morgan fingerprint density at radius 3 is 2.88 bits per heavy atom. The molecular weight excluding hydrogens is 210 g/mol. The molecule has 0 unspecified atom stereocenters. The van der Waals surface area contributed by atoms with E-state index in [-0.39, 0.29) is 0 Å². The Hall–Kier alpha value is -1.61. The third kappa shape index (κ3) is 2.56. The fraction of sp³-hybridized carbons (Fsp3) is 0.357. The predicted molar refractivity (Wildman–Crippen MR) is 71.0 cm³/mol. The fourth-order valence-corrected chi connectivity index (χ4v) is 1.98. The molecule has 3 nitrogen and oxygen atoms in total. The van der Waals surface area contributed by atoms with E-state index in [9.17, 15) is 0 Å². The molecule has 1 aromatic heterocycles. The number of aryl methyl sites for hydroxylation is 1. The number of aromatic nitrogens is 2. The number of hydrogen-bond acceptors (Lipinski definition) is 2. The average molecular weight is 229 g/mol. The van der Waals surface area contributed by atoms with Crippen molar-refractivity contribution in [1.82, 2.24) is 14.9 Å². The summed E-state index contributed by atoms with van der Waals surface area (Å²) in [7, 11) is 4.05. The predicted octanol–water partition coefficient (Wildman–Crippen LogP) is 2.16. The molecule has 0 fully saturated rings. The van der Waals surface area contributed by atoms with Crippen LogP contribution in [0.1, 0.15) is 11.3 Å². The zero-order valence-corrected chi connectivity index (χ0v) is 10.7. The molecular formula is C14H19N3. The SMILES string of the molecule is CNCCc1cnc(-c2cccc(C)c2)n1C. The summed E-state index contributed by atoms with van der Waals surface area (Å²) >= 11 is 0. The number of nitrogens with one attached hydrogen (secondary N) is 1. The van der Waals surface area contributed by atoms with Crippen molar-refractivity contribution >= 4 is 0 Å². The molecule has 0 saturated carbocycles. The molecule has 90 valence electrons. The molecule has 0 bridgehead atoms. The first kappa shape index (κ1) is 11.9. The molecule has 1 aromatic carbocycles. The van der Waals surface area contributed by atoms with Gasteiger partial charge in [0.05, 0.1) is 0 Å². The van der Waals surface area contributed by atoms with Crippen molar-refractivity contribution in [2.45, 2.75) is 13.3 Å². The first-order valence-electron chi connectivity index (χ1n) is 5.94. The van der Waals surface area contributed by atoms with E-state index in [1.165, 1.54) is 16.8 Å². The highest BCUT2D eigenvalue weighted by Crippen LogP contribution is 2.19. The largest absolute Gasteiger partial charge is 0.331 e. The van der Waals surface area contributed by atoms with Crippen LogP contribution in [0.25, 0.3) is 11.4 Å². The van der Waals surface area contributed by atoms with Crippen molar-refractivity contribution in [2.75, 3.05) is 13.6 Å². The maximum atomic E-state index is 4.52. The van der Waals surface area contributed by atoms with Crippen LogP contribution in [-0.2, 0) is 13.5 Å². The number of likely N-dealkylation sites (N-methyl/N-ethyl adjacent to an activating group) is 1. The molecule has 0 amide bonds. The summed E-state index contributed by atoms with van der Waals surface area (Å²) in [6.45, 7) is 3.08. The second-order valence-electron chi connectivity index (χ2n) is 4.36. The standard InChI is InChI=1S/C14H19N3/c1-11-5-4-6-12(9-11)14-16-10-13(17(14)3)7-8-15-2/h4-6,9-10,15H,7-8H2,1-3H3. The number of nitrogens with zero attached hydrogens (tertiary/aromatic N) is 2. The number of imidazole rings is 1. The second kappa shape index (κ2) is 5.15. The van der Waals surface area contributed by atoms with Crippen LogP contribution in [0.2, 0.25) is 0 Å². The topological polar surface area (TPSA) is 29.9 Å². The third-order valence-corrected chi connectivity index (χ3v) is 2.99. The van der Waals surface area contributed by atoms with Gasteiger partial charge >= 0.3 is 0 Å². The zero-order chi connectivity index (χ0) is 12.3. The van der Waals surface area contributed by atoms with Crippen molar-refractivity contribution in [3.05, 3.63) is 41.7 Å². The fourth-order valence-electron chi connectivity index (χ4n) is 1.98. The molecule has 0 atom stereocenters. The summed E-state index contributed by atoms with van der Waals surface area (Å²) in [4.78, 5) is 4.52. The molecule has 0 spiro atoms. The van der Waals surface area contributed by atoms with Gasteiger partial charge in [0.1, 0.15) is 5.82 Å². The first-order chi connectivity index (χ1) is 8.22. The van der Waals surface area contributed by atoms with Crippen molar-refractivity contribution in [2.24, 2.45) is 7.05 Å². The quantitative estimate of drug-likeness (QED) is 0.870. The van der Waals surface area contributed by atoms with Crippen LogP contribution in [0, 0.1) is 6.92 Å². The highest BCUT2D eigenvalue weighted by Gasteiger charge is 2.08. The van der Waals surface area contributed by atoms with Gasteiger partial charge in [-0.1, -0.05) is 23.8 Å². The van der Waals surface area contributed by atoms with Gasteiger partial charge in [0.25, 0.3) is 0 Å². The van der Waals surface area contributed by atoms with Crippen LogP contribution in [0.15, 0.2) is 30.5 Å². The summed E-state index contributed by atoms with van der Waals surface area (Å²) in [5.41, 5.74) is 3.71. The van der Waals surface area contributed by atoms with Crippen LogP contribution in [0.3, 0.4) is 0 Å². The van der Waals surface area contributed by atoms with E-state index in [2.05, 4.69) is 53.1 Å². The van der Waals surface area contributed by atoms with E-state index in [0.29, 0.717) is 0 Å². The smallest absolute Gasteiger partial charge is 0.139 e. The Kier molecular flexibility index (Phi) is 3.59. The number of benzene rings is 1. The molecule has 0 saturated heterocycles. The van der Waals surface area contributed by atoms with Crippen molar-refractivity contribution in [3.63, 3.8) is 0 Å². The van der Waals surface area contributed by atoms with Crippen molar-refractivity contribution in [1.29, 1.82) is 0 Å². The maximum absolute atomic E-state index is 4.52. The van der Waals surface area contributed by atoms with Gasteiger partial charge in [-0.2, -0.15) is 0 Å². The van der Waals surface area contributed by atoms with Gasteiger partial charge in [-0.15, -0.1) is 0 Å². The van der Waals surface area contributed by atoms with E-state index >= 15 is 0 Å². The Morgan fingerprint density at radius 1 is 1.35 bits per heavy atom. The van der Waals surface area contributed by atoms with E-state index in [0.717, 1.165) is 18.8 Å². The number of hydrogen-bond donors (Lipinski definition) is 1. The highest BCUT2D eigenvalue weighted by atomic mass is 15.1. The first-order valence-corrected chi connectivity index (χ1v) is 5.94. The molecule has 0 aliphatic carbocycles. The van der Waals surface area contributed by atoms with Crippen LogP contribution >= 0.6 is 0 Å². The molecule has 1 N–H and O–H groups in total.